The van der Waals surface area contributed by atoms with Gasteiger partial charge in [0, 0.05) is 44.3 Å². The molecular formula is C12H16N6. The Hall–Kier alpha value is -2.21. The van der Waals surface area contributed by atoms with E-state index in [2.05, 4.69) is 20.3 Å². The van der Waals surface area contributed by atoms with Gasteiger partial charge in [0.15, 0.2) is 0 Å². The zero-order valence-corrected chi connectivity index (χ0v) is 10.2. The molecule has 6 heteroatoms. The molecule has 6 nitrogen and oxygen atoms in total. The van der Waals surface area contributed by atoms with Crippen molar-refractivity contribution in [3.05, 3.63) is 36.9 Å². The second-order valence-electron chi connectivity index (χ2n) is 3.74. The highest BCUT2D eigenvalue weighted by molar-refractivity contribution is 5.60. The number of rotatable bonds is 5. The zero-order chi connectivity index (χ0) is 12.8. The molecule has 2 rings (SSSR count). The van der Waals surface area contributed by atoms with Crippen LogP contribution in [0.3, 0.4) is 0 Å². The number of hydrogen-bond acceptors (Lipinski definition) is 6. The molecule has 0 aliphatic heterocycles. The Labute approximate surface area is 106 Å². The van der Waals surface area contributed by atoms with Crippen molar-refractivity contribution in [1.29, 1.82) is 0 Å². The van der Waals surface area contributed by atoms with Crippen LogP contribution in [-0.4, -0.2) is 35.1 Å². The lowest BCUT2D eigenvalue weighted by molar-refractivity contribution is 0.998. The minimum absolute atomic E-state index is 0.569. The molecule has 0 atom stereocenters. The van der Waals surface area contributed by atoms with Crippen molar-refractivity contribution < 1.29 is 0 Å². The lowest BCUT2D eigenvalue weighted by atomic mass is 10.3. The SMILES string of the molecule is CN(c1ccncc1)c1cc(NCCN)ncn1. The van der Waals surface area contributed by atoms with E-state index in [1.54, 1.807) is 12.4 Å². The summed E-state index contributed by atoms with van der Waals surface area (Å²) < 4.78 is 0. The van der Waals surface area contributed by atoms with Crippen molar-refractivity contribution in [2.24, 2.45) is 5.73 Å². The summed E-state index contributed by atoms with van der Waals surface area (Å²) in [5.41, 5.74) is 6.46. The fraction of sp³-hybridized carbons (Fsp3) is 0.250. The highest BCUT2D eigenvalue weighted by Crippen LogP contribution is 2.21. The van der Waals surface area contributed by atoms with Gasteiger partial charge in [-0.25, -0.2) is 9.97 Å². The average molecular weight is 244 g/mol. The van der Waals surface area contributed by atoms with E-state index in [1.165, 1.54) is 6.33 Å². The molecule has 0 aliphatic rings. The zero-order valence-electron chi connectivity index (χ0n) is 10.2. The summed E-state index contributed by atoms with van der Waals surface area (Å²) in [6.45, 7) is 1.26. The smallest absolute Gasteiger partial charge is 0.138 e. The van der Waals surface area contributed by atoms with Crippen LogP contribution in [0, 0.1) is 0 Å². The molecule has 0 spiro atoms. The number of nitrogens with two attached hydrogens (primary N) is 1. The van der Waals surface area contributed by atoms with E-state index in [9.17, 15) is 0 Å². The molecule has 18 heavy (non-hydrogen) atoms. The van der Waals surface area contributed by atoms with E-state index in [1.807, 2.05) is 30.1 Å². The van der Waals surface area contributed by atoms with E-state index in [0.717, 1.165) is 17.3 Å². The van der Waals surface area contributed by atoms with Crippen molar-refractivity contribution >= 4 is 17.3 Å². The first kappa shape index (κ1) is 12.3. The molecule has 0 saturated heterocycles. The van der Waals surface area contributed by atoms with Crippen LogP contribution in [0.2, 0.25) is 0 Å². The van der Waals surface area contributed by atoms with Crippen LogP contribution in [0.5, 0.6) is 0 Å². The van der Waals surface area contributed by atoms with E-state index < -0.39 is 0 Å². The first-order chi connectivity index (χ1) is 8.81. The predicted octanol–water partition coefficient (Wildman–Crippen LogP) is 1.01. The second kappa shape index (κ2) is 5.92. The van der Waals surface area contributed by atoms with Gasteiger partial charge >= 0.3 is 0 Å². The number of hydrogen-bond donors (Lipinski definition) is 2. The molecule has 3 N–H and O–H groups in total. The third-order valence-electron chi connectivity index (χ3n) is 2.50. The van der Waals surface area contributed by atoms with Crippen LogP contribution < -0.4 is 16.0 Å². The maximum Gasteiger partial charge on any atom is 0.138 e. The summed E-state index contributed by atoms with van der Waals surface area (Å²) in [4.78, 5) is 14.3. The van der Waals surface area contributed by atoms with Gasteiger partial charge in [-0.2, -0.15) is 0 Å². The van der Waals surface area contributed by atoms with Crippen molar-refractivity contribution in [3.8, 4) is 0 Å². The molecule has 94 valence electrons. The van der Waals surface area contributed by atoms with Crippen LogP contribution >= 0.6 is 0 Å². The maximum absolute atomic E-state index is 5.44. The Bertz CT molecular complexity index is 487. The molecule has 0 radical (unpaired) electrons. The quantitative estimate of drug-likeness (QED) is 0.817. The lowest BCUT2D eigenvalue weighted by Crippen LogP contribution is -2.15. The van der Waals surface area contributed by atoms with E-state index in [-0.39, 0.29) is 0 Å². The molecule has 2 aromatic rings. The van der Waals surface area contributed by atoms with Gasteiger partial charge < -0.3 is 16.0 Å². The summed E-state index contributed by atoms with van der Waals surface area (Å²) in [7, 11) is 1.95. The molecule has 0 bridgehead atoms. The van der Waals surface area contributed by atoms with Crippen LogP contribution in [-0.2, 0) is 0 Å². The summed E-state index contributed by atoms with van der Waals surface area (Å²) in [6, 6.07) is 5.74. The molecule has 0 saturated carbocycles. The molecule has 0 aromatic carbocycles. The Morgan fingerprint density at radius 3 is 2.78 bits per heavy atom. The standard InChI is InChI=1S/C12H16N6/c1-18(10-2-5-14-6-3-10)12-8-11(15-7-4-13)16-9-17-12/h2-3,5-6,8-9H,4,7,13H2,1H3,(H,15,16,17). The van der Waals surface area contributed by atoms with Crippen LogP contribution in [0.1, 0.15) is 0 Å². The Morgan fingerprint density at radius 1 is 1.28 bits per heavy atom. The third kappa shape index (κ3) is 2.92. The number of nitrogens with zero attached hydrogens (tertiary/aromatic N) is 4. The Kier molecular flexibility index (Phi) is 4.03. The largest absolute Gasteiger partial charge is 0.369 e. The van der Waals surface area contributed by atoms with Crippen molar-refractivity contribution in [1.82, 2.24) is 15.0 Å². The number of aromatic nitrogens is 3. The first-order valence-corrected chi connectivity index (χ1v) is 5.71. The lowest BCUT2D eigenvalue weighted by Gasteiger charge is -2.18. The van der Waals surface area contributed by atoms with Gasteiger partial charge in [-0.1, -0.05) is 0 Å². The number of anilines is 3. The van der Waals surface area contributed by atoms with E-state index >= 15 is 0 Å². The minimum atomic E-state index is 0.569. The van der Waals surface area contributed by atoms with Crippen molar-refractivity contribution in [2.45, 2.75) is 0 Å². The summed E-state index contributed by atoms with van der Waals surface area (Å²) in [5.74, 6) is 1.59. The number of nitrogens with one attached hydrogen (secondary N) is 1. The van der Waals surface area contributed by atoms with E-state index in [4.69, 9.17) is 5.73 Å². The van der Waals surface area contributed by atoms with Crippen molar-refractivity contribution in [3.63, 3.8) is 0 Å². The molecule has 0 unspecified atom stereocenters. The highest BCUT2D eigenvalue weighted by Gasteiger charge is 2.06. The Morgan fingerprint density at radius 2 is 2.06 bits per heavy atom. The van der Waals surface area contributed by atoms with Gasteiger partial charge in [-0.3, -0.25) is 4.98 Å². The molecule has 2 heterocycles. The molecule has 0 aliphatic carbocycles. The summed E-state index contributed by atoms with van der Waals surface area (Å²) >= 11 is 0. The first-order valence-electron chi connectivity index (χ1n) is 5.71. The second-order valence-corrected chi connectivity index (χ2v) is 3.74. The fourth-order valence-electron chi connectivity index (χ4n) is 1.53. The monoisotopic (exact) mass is 244 g/mol. The topological polar surface area (TPSA) is 80.0 Å². The fourth-order valence-corrected chi connectivity index (χ4v) is 1.53. The third-order valence-corrected chi connectivity index (χ3v) is 2.50. The molecule has 0 fully saturated rings. The normalized spacial score (nSPS) is 10.1. The summed E-state index contributed by atoms with van der Waals surface area (Å²) in [6.07, 6.45) is 5.03. The van der Waals surface area contributed by atoms with Crippen molar-refractivity contribution in [2.75, 3.05) is 30.4 Å². The van der Waals surface area contributed by atoms with Gasteiger partial charge in [0.1, 0.15) is 18.0 Å². The van der Waals surface area contributed by atoms with Crippen LogP contribution in [0.4, 0.5) is 17.3 Å². The maximum atomic E-state index is 5.44. The molecule has 0 amide bonds. The average Bonchev–Trinajstić information content (AvgIpc) is 2.45. The van der Waals surface area contributed by atoms with E-state index in [0.29, 0.717) is 13.1 Å². The van der Waals surface area contributed by atoms with Gasteiger partial charge in [-0.15, -0.1) is 0 Å². The number of pyridine rings is 1. The summed E-state index contributed by atoms with van der Waals surface area (Å²) in [5, 5.41) is 3.13. The highest BCUT2D eigenvalue weighted by atomic mass is 15.2. The Balaban J connectivity index is 2.17. The van der Waals surface area contributed by atoms with Gasteiger partial charge in [0.25, 0.3) is 0 Å². The predicted molar refractivity (Wildman–Crippen MR) is 71.9 cm³/mol. The van der Waals surface area contributed by atoms with Gasteiger partial charge in [0.05, 0.1) is 0 Å². The van der Waals surface area contributed by atoms with Gasteiger partial charge in [-0.05, 0) is 12.1 Å². The van der Waals surface area contributed by atoms with Crippen LogP contribution in [0.15, 0.2) is 36.9 Å². The minimum Gasteiger partial charge on any atom is -0.369 e. The molecule has 2 aromatic heterocycles. The van der Waals surface area contributed by atoms with Crippen LogP contribution in [0.25, 0.3) is 0 Å². The molecular weight excluding hydrogens is 228 g/mol. The van der Waals surface area contributed by atoms with Gasteiger partial charge in [0.2, 0.25) is 0 Å².